The minimum atomic E-state index is -3.72. The van der Waals surface area contributed by atoms with Crippen LogP contribution in [0.15, 0.2) is 47.4 Å². The van der Waals surface area contributed by atoms with E-state index in [0.29, 0.717) is 11.4 Å². The first kappa shape index (κ1) is 22.2. The Kier molecular flexibility index (Phi) is 7.37. The molecule has 2 aromatic carbocycles. The zero-order valence-electron chi connectivity index (χ0n) is 17.8. The smallest absolute Gasteiger partial charge is 0.321 e. The molecule has 1 heterocycles. The summed E-state index contributed by atoms with van der Waals surface area (Å²) in [5.74, 6) is 0. The molecule has 0 bridgehead atoms. The van der Waals surface area contributed by atoms with E-state index in [9.17, 15) is 13.2 Å². The Balaban J connectivity index is 1.73. The molecule has 0 aliphatic carbocycles. The molecule has 30 heavy (non-hydrogen) atoms. The summed E-state index contributed by atoms with van der Waals surface area (Å²) < 4.78 is 28.7. The number of sulfonamides is 1. The van der Waals surface area contributed by atoms with E-state index in [2.05, 4.69) is 10.0 Å². The van der Waals surface area contributed by atoms with Crippen LogP contribution in [0.1, 0.15) is 50.7 Å². The Morgan fingerprint density at radius 2 is 1.47 bits per heavy atom. The largest absolute Gasteiger partial charge is 0.325 e. The van der Waals surface area contributed by atoms with Crippen molar-refractivity contribution < 1.29 is 13.2 Å². The van der Waals surface area contributed by atoms with E-state index < -0.39 is 10.0 Å². The normalized spacial score (nSPS) is 14.8. The highest BCUT2D eigenvalue weighted by Gasteiger charge is 2.19. The Labute approximate surface area is 179 Å². The van der Waals surface area contributed by atoms with Crippen LogP contribution in [-0.4, -0.2) is 32.4 Å². The molecule has 2 amide bonds. The first-order chi connectivity index (χ1) is 14.4. The SMILES string of the molecule is CCc1cccc(CC)c1NS(=O)(=O)c1ccc(NC(=O)N2CCCCCC2)cc1. The molecule has 0 spiro atoms. The molecule has 6 nitrogen and oxygen atoms in total. The van der Waals surface area contributed by atoms with Crippen LogP contribution in [0.3, 0.4) is 0 Å². The molecule has 1 aliphatic rings. The minimum absolute atomic E-state index is 0.130. The molecule has 3 rings (SSSR count). The number of nitrogens with zero attached hydrogens (tertiary/aromatic N) is 1. The van der Waals surface area contributed by atoms with Gasteiger partial charge in [-0.3, -0.25) is 4.72 Å². The molecule has 162 valence electrons. The molecule has 0 saturated carbocycles. The zero-order valence-corrected chi connectivity index (χ0v) is 18.6. The number of anilines is 2. The number of para-hydroxylation sites is 1. The van der Waals surface area contributed by atoms with Crippen molar-refractivity contribution in [1.82, 2.24) is 4.90 Å². The van der Waals surface area contributed by atoms with E-state index in [1.807, 2.05) is 36.9 Å². The predicted octanol–water partition coefficient (Wildman–Crippen LogP) is 5.02. The van der Waals surface area contributed by atoms with Crippen molar-refractivity contribution in [3.05, 3.63) is 53.6 Å². The number of carbonyl (C=O) groups is 1. The fourth-order valence-corrected chi connectivity index (χ4v) is 4.90. The van der Waals surface area contributed by atoms with Gasteiger partial charge in [0.05, 0.1) is 10.6 Å². The highest BCUT2D eigenvalue weighted by molar-refractivity contribution is 7.92. The van der Waals surface area contributed by atoms with E-state index in [0.717, 1.165) is 62.7 Å². The summed E-state index contributed by atoms with van der Waals surface area (Å²) in [7, 11) is -3.72. The van der Waals surface area contributed by atoms with E-state index in [1.54, 1.807) is 12.1 Å². The van der Waals surface area contributed by atoms with Crippen LogP contribution in [0, 0.1) is 0 Å². The number of urea groups is 1. The monoisotopic (exact) mass is 429 g/mol. The lowest BCUT2D eigenvalue weighted by Gasteiger charge is -2.21. The molecule has 0 unspecified atom stereocenters. The van der Waals surface area contributed by atoms with Gasteiger partial charge in [0.15, 0.2) is 0 Å². The van der Waals surface area contributed by atoms with Gasteiger partial charge in [-0.05, 0) is 61.1 Å². The lowest BCUT2D eigenvalue weighted by molar-refractivity contribution is 0.214. The van der Waals surface area contributed by atoms with Gasteiger partial charge in [0.2, 0.25) is 0 Å². The Morgan fingerprint density at radius 1 is 0.900 bits per heavy atom. The Bertz CT molecular complexity index is 941. The van der Waals surface area contributed by atoms with Gasteiger partial charge in [0.25, 0.3) is 10.0 Å². The van der Waals surface area contributed by atoms with Crippen LogP contribution < -0.4 is 10.0 Å². The number of likely N-dealkylation sites (tertiary alicyclic amines) is 1. The quantitative estimate of drug-likeness (QED) is 0.677. The second-order valence-corrected chi connectivity index (χ2v) is 9.30. The van der Waals surface area contributed by atoms with E-state index in [-0.39, 0.29) is 10.9 Å². The molecular weight excluding hydrogens is 398 g/mol. The van der Waals surface area contributed by atoms with Gasteiger partial charge in [-0.25, -0.2) is 13.2 Å². The molecule has 1 aliphatic heterocycles. The molecule has 1 saturated heterocycles. The van der Waals surface area contributed by atoms with Gasteiger partial charge in [-0.1, -0.05) is 44.9 Å². The zero-order chi connectivity index (χ0) is 21.6. The standard InChI is InChI=1S/C23H31N3O3S/c1-3-18-10-9-11-19(4-2)22(18)25-30(28,29)21-14-12-20(13-15-21)24-23(27)26-16-7-5-6-8-17-26/h9-15,25H,3-8,16-17H2,1-2H3,(H,24,27). The maximum atomic E-state index is 13.0. The topological polar surface area (TPSA) is 78.5 Å². The van der Waals surface area contributed by atoms with Crippen molar-refractivity contribution in [1.29, 1.82) is 0 Å². The van der Waals surface area contributed by atoms with Crippen LogP contribution in [0.5, 0.6) is 0 Å². The van der Waals surface area contributed by atoms with Crippen LogP contribution in [0.25, 0.3) is 0 Å². The number of aryl methyl sites for hydroxylation is 2. The van der Waals surface area contributed by atoms with Crippen LogP contribution in [0.4, 0.5) is 16.2 Å². The third-order valence-electron chi connectivity index (χ3n) is 5.54. The van der Waals surface area contributed by atoms with Gasteiger partial charge in [-0.15, -0.1) is 0 Å². The molecule has 0 atom stereocenters. The van der Waals surface area contributed by atoms with Crippen LogP contribution in [-0.2, 0) is 22.9 Å². The number of rotatable bonds is 6. The van der Waals surface area contributed by atoms with Gasteiger partial charge in [0.1, 0.15) is 0 Å². The molecule has 2 N–H and O–H groups in total. The van der Waals surface area contributed by atoms with Crippen molar-refractivity contribution in [2.75, 3.05) is 23.1 Å². The number of carbonyl (C=O) groups excluding carboxylic acids is 1. The molecule has 1 fully saturated rings. The highest BCUT2D eigenvalue weighted by atomic mass is 32.2. The van der Waals surface area contributed by atoms with E-state index in [4.69, 9.17) is 0 Å². The molecule has 7 heteroatoms. The summed E-state index contributed by atoms with van der Waals surface area (Å²) >= 11 is 0. The van der Waals surface area contributed by atoms with E-state index in [1.165, 1.54) is 12.1 Å². The number of benzene rings is 2. The second-order valence-electron chi connectivity index (χ2n) is 7.62. The maximum Gasteiger partial charge on any atom is 0.321 e. The van der Waals surface area contributed by atoms with Crippen molar-refractivity contribution in [2.45, 2.75) is 57.3 Å². The molecule has 0 aromatic heterocycles. The average molecular weight is 430 g/mol. The third-order valence-corrected chi connectivity index (χ3v) is 6.91. The molecular formula is C23H31N3O3S. The first-order valence-electron chi connectivity index (χ1n) is 10.7. The summed E-state index contributed by atoms with van der Waals surface area (Å²) in [5.41, 5.74) is 3.20. The predicted molar refractivity (Wildman–Crippen MR) is 122 cm³/mol. The third kappa shape index (κ3) is 5.33. The van der Waals surface area contributed by atoms with Gasteiger partial charge in [0, 0.05) is 18.8 Å². The van der Waals surface area contributed by atoms with E-state index >= 15 is 0 Å². The van der Waals surface area contributed by atoms with Crippen molar-refractivity contribution in [2.24, 2.45) is 0 Å². The van der Waals surface area contributed by atoms with Crippen LogP contribution in [0.2, 0.25) is 0 Å². The van der Waals surface area contributed by atoms with Gasteiger partial charge < -0.3 is 10.2 Å². The lowest BCUT2D eigenvalue weighted by atomic mass is 10.0. The lowest BCUT2D eigenvalue weighted by Crippen LogP contribution is -2.35. The number of hydrogen-bond donors (Lipinski definition) is 2. The fraction of sp³-hybridized carbons (Fsp3) is 0.435. The molecule has 0 radical (unpaired) electrons. The molecule has 2 aromatic rings. The summed E-state index contributed by atoms with van der Waals surface area (Å²) in [5, 5.41) is 2.88. The number of hydrogen-bond acceptors (Lipinski definition) is 3. The summed E-state index contributed by atoms with van der Waals surface area (Å²) in [4.78, 5) is 14.5. The van der Waals surface area contributed by atoms with Crippen molar-refractivity contribution in [3.63, 3.8) is 0 Å². The van der Waals surface area contributed by atoms with Crippen molar-refractivity contribution >= 4 is 27.4 Å². The fourth-order valence-electron chi connectivity index (χ4n) is 3.76. The number of nitrogens with one attached hydrogen (secondary N) is 2. The first-order valence-corrected chi connectivity index (χ1v) is 12.2. The maximum absolute atomic E-state index is 13.0. The average Bonchev–Trinajstić information content (AvgIpc) is 3.04. The Morgan fingerprint density at radius 3 is 2.00 bits per heavy atom. The summed E-state index contributed by atoms with van der Waals surface area (Å²) in [6.07, 6.45) is 5.85. The van der Waals surface area contributed by atoms with Crippen LogP contribution >= 0.6 is 0 Å². The second kappa shape index (κ2) is 9.98. The summed E-state index contributed by atoms with van der Waals surface area (Å²) in [6.45, 7) is 5.54. The van der Waals surface area contributed by atoms with Crippen molar-refractivity contribution in [3.8, 4) is 0 Å². The van der Waals surface area contributed by atoms with Gasteiger partial charge >= 0.3 is 6.03 Å². The highest BCUT2D eigenvalue weighted by Crippen LogP contribution is 2.26. The minimum Gasteiger partial charge on any atom is -0.325 e. The summed E-state index contributed by atoms with van der Waals surface area (Å²) in [6, 6.07) is 12.0. The Hall–Kier alpha value is -2.54. The number of amides is 2. The van der Waals surface area contributed by atoms with Gasteiger partial charge in [-0.2, -0.15) is 0 Å².